The average molecular weight is 356 g/mol. The van der Waals surface area contributed by atoms with E-state index in [1.54, 1.807) is 28.7 Å². The smallest absolute Gasteiger partial charge is 0.294 e. The summed E-state index contributed by atoms with van der Waals surface area (Å²) in [6.07, 6.45) is 3.40. The molecule has 1 aliphatic rings. The number of aliphatic hydroxyl groups is 1. The van der Waals surface area contributed by atoms with Gasteiger partial charge in [-0.15, -0.1) is 0 Å². The number of aromatic nitrogens is 3. The normalized spacial score (nSPS) is 17.4. The minimum absolute atomic E-state index is 0.192. The Bertz CT molecular complexity index is 1070. The third-order valence-electron chi connectivity index (χ3n) is 4.84. The lowest BCUT2D eigenvalue weighted by atomic mass is 10.2. The van der Waals surface area contributed by atoms with E-state index in [-0.39, 0.29) is 22.8 Å². The Hall–Kier alpha value is -2.87. The highest BCUT2D eigenvalue weighted by atomic mass is 16.3. The maximum absolute atomic E-state index is 12.7. The van der Waals surface area contributed by atoms with Crippen molar-refractivity contribution in [1.82, 2.24) is 18.9 Å². The van der Waals surface area contributed by atoms with Gasteiger partial charge in [-0.3, -0.25) is 14.0 Å². The number of nitrogens with zero attached hydrogens (tertiary/aromatic N) is 4. The van der Waals surface area contributed by atoms with Gasteiger partial charge in [-0.2, -0.15) is 0 Å². The van der Waals surface area contributed by atoms with Crippen LogP contribution in [0.2, 0.25) is 0 Å². The van der Waals surface area contributed by atoms with Crippen LogP contribution >= 0.6 is 0 Å². The number of rotatable bonds is 2. The maximum atomic E-state index is 12.7. The molecule has 4 rings (SSSR count). The number of carbonyl (C=O) groups is 1. The lowest BCUT2D eigenvalue weighted by Gasteiger charge is -2.13. The Kier molecular flexibility index (Phi) is 3.73. The maximum Gasteiger partial charge on any atom is 0.294 e. The summed E-state index contributed by atoms with van der Waals surface area (Å²) in [6.45, 7) is 4.48. The number of furan rings is 1. The highest BCUT2D eigenvalue weighted by Gasteiger charge is 2.27. The van der Waals surface area contributed by atoms with Gasteiger partial charge >= 0.3 is 0 Å². The van der Waals surface area contributed by atoms with Gasteiger partial charge in [0.15, 0.2) is 0 Å². The van der Waals surface area contributed by atoms with E-state index in [0.717, 1.165) is 17.1 Å². The van der Waals surface area contributed by atoms with Crippen LogP contribution in [0.4, 0.5) is 0 Å². The van der Waals surface area contributed by atoms with Crippen molar-refractivity contribution in [3.63, 3.8) is 0 Å². The molecule has 0 spiro atoms. The molecular weight excluding hydrogens is 336 g/mol. The van der Waals surface area contributed by atoms with Crippen LogP contribution in [0.1, 0.15) is 28.4 Å². The van der Waals surface area contributed by atoms with Crippen LogP contribution in [0.3, 0.4) is 0 Å². The molecule has 8 heteroatoms. The quantitative estimate of drug-likeness (QED) is 0.743. The molecule has 0 aromatic carbocycles. The van der Waals surface area contributed by atoms with E-state index in [2.05, 4.69) is 4.98 Å². The van der Waals surface area contributed by atoms with E-state index in [1.807, 2.05) is 19.9 Å². The minimum Gasteiger partial charge on any atom is -0.466 e. The van der Waals surface area contributed by atoms with Crippen molar-refractivity contribution < 1.29 is 14.3 Å². The topological polar surface area (TPSA) is 93.0 Å². The van der Waals surface area contributed by atoms with E-state index < -0.39 is 6.10 Å². The number of fused-ring (bicyclic) bond motifs is 1. The third-order valence-corrected chi connectivity index (χ3v) is 4.84. The molecule has 0 saturated carbocycles. The predicted octanol–water partition coefficient (Wildman–Crippen LogP) is 1.12. The molecule has 0 aliphatic carbocycles. The number of imidazole rings is 1. The molecule has 0 unspecified atom stereocenters. The molecule has 1 saturated heterocycles. The number of aryl methyl sites for hydroxylation is 2. The molecule has 3 aromatic heterocycles. The molecule has 136 valence electrons. The van der Waals surface area contributed by atoms with Gasteiger partial charge in [0, 0.05) is 38.1 Å². The fraction of sp³-hybridized carbons (Fsp3) is 0.389. The fourth-order valence-corrected chi connectivity index (χ4v) is 3.45. The largest absolute Gasteiger partial charge is 0.466 e. The van der Waals surface area contributed by atoms with Gasteiger partial charge in [0.2, 0.25) is 5.65 Å². The second-order valence-corrected chi connectivity index (χ2v) is 6.76. The zero-order valence-corrected chi connectivity index (χ0v) is 14.9. The van der Waals surface area contributed by atoms with Gasteiger partial charge in [-0.25, -0.2) is 4.98 Å². The average Bonchev–Trinajstić information content (AvgIpc) is 3.29. The van der Waals surface area contributed by atoms with E-state index in [0.29, 0.717) is 25.2 Å². The number of amides is 1. The molecule has 1 amide bonds. The number of aliphatic hydroxyl groups excluding tert-OH is 1. The summed E-state index contributed by atoms with van der Waals surface area (Å²) in [6, 6.07) is 1.88. The van der Waals surface area contributed by atoms with Gasteiger partial charge in [-0.1, -0.05) is 0 Å². The molecule has 1 N–H and O–H groups in total. The van der Waals surface area contributed by atoms with Crippen molar-refractivity contribution in [2.24, 2.45) is 7.05 Å². The lowest BCUT2D eigenvalue weighted by Crippen LogP contribution is -2.29. The predicted molar refractivity (Wildman–Crippen MR) is 94.1 cm³/mol. The zero-order chi connectivity index (χ0) is 18.6. The highest BCUT2D eigenvalue weighted by Crippen LogP contribution is 2.25. The van der Waals surface area contributed by atoms with Crippen LogP contribution in [-0.4, -0.2) is 49.1 Å². The van der Waals surface area contributed by atoms with Crippen molar-refractivity contribution in [2.75, 3.05) is 13.1 Å². The summed E-state index contributed by atoms with van der Waals surface area (Å²) in [7, 11) is 1.67. The summed E-state index contributed by atoms with van der Waals surface area (Å²) >= 11 is 0. The van der Waals surface area contributed by atoms with Gasteiger partial charge < -0.3 is 19.0 Å². The summed E-state index contributed by atoms with van der Waals surface area (Å²) < 4.78 is 8.66. The Morgan fingerprint density at radius 1 is 1.35 bits per heavy atom. The fourth-order valence-electron chi connectivity index (χ4n) is 3.45. The number of carbonyl (C=O) groups excluding carboxylic acids is 1. The molecule has 1 atom stereocenters. The molecule has 0 bridgehead atoms. The van der Waals surface area contributed by atoms with Gasteiger partial charge in [-0.05, 0) is 26.3 Å². The van der Waals surface area contributed by atoms with Gasteiger partial charge in [0.1, 0.15) is 17.2 Å². The Labute approximate surface area is 149 Å². The lowest BCUT2D eigenvalue weighted by molar-refractivity contribution is 0.0760. The second-order valence-electron chi connectivity index (χ2n) is 6.76. The number of β-amino-alcohol motifs (C(OH)–C–C–N with tert-alkyl or cyclic N) is 1. The molecule has 8 nitrogen and oxygen atoms in total. The van der Waals surface area contributed by atoms with Crippen molar-refractivity contribution >= 4 is 11.6 Å². The number of hydrogen-bond acceptors (Lipinski definition) is 5. The van der Waals surface area contributed by atoms with Crippen LogP contribution in [0.5, 0.6) is 0 Å². The summed E-state index contributed by atoms with van der Waals surface area (Å²) in [5.41, 5.74) is 1.62. The third kappa shape index (κ3) is 2.53. The summed E-state index contributed by atoms with van der Waals surface area (Å²) in [4.78, 5) is 31.1. The van der Waals surface area contributed by atoms with Crippen molar-refractivity contribution in [1.29, 1.82) is 0 Å². The first-order chi connectivity index (χ1) is 12.3. The number of hydrogen-bond donors (Lipinski definition) is 1. The molecule has 1 fully saturated rings. The standard InChI is InChI=1S/C18H20N4O4/c1-10-6-13(11(2)26-10)15-9-22-8-14(19-16(22)18(25)20(15)3)17(24)21-5-4-12(23)7-21/h6,8-9,12,23H,4-5,7H2,1-3H3/t12-/m1/s1. The molecule has 0 radical (unpaired) electrons. The van der Waals surface area contributed by atoms with E-state index in [9.17, 15) is 14.7 Å². The van der Waals surface area contributed by atoms with E-state index >= 15 is 0 Å². The second kappa shape index (κ2) is 5.84. The first-order valence-corrected chi connectivity index (χ1v) is 8.48. The Morgan fingerprint density at radius 3 is 2.73 bits per heavy atom. The van der Waals surface area contributed by atoms with Gasteiger partial charge in [0.05, 0.1) is 11.8 Å². The first kappa shape index (κ1) is 16.6. The van der Waals surface area contributed by atoms with E-state index in [4.69, 9.17) is 4.42 Å². The molecule has 3 aromatic rings. The van der Waals surface area contributed by atoms with Crippen LogP contribution in [0, 0.1) is 13.8 Å². The van der Waals surface area contributed by atoms with Gasteiger partial charge in [0.25, 0.3) is 11.5 Å². The van der Waals surface area contributed by atoms with E-state index in [1.165, 1.54) is 4.57 Å². The first-order valence-electron chi connectivity index (χ1n) is 8.48. The Balaban J connectivity index is 1.81. The minimum atomic E-state index is -0.497. The van der Waals surface area contributed by atoms with Crippen molar-refractivity contribution in [3.8, 4) is 11.3 Å². The number of likely N-dealkylation sites (tertiary alicyclic amines) is 1. The summed E-state index contributed by atoms with van der Waals surface area (Å²) in [5.74, 6) is 1.21. The molecule has 4 heterocycles. The summed E-state index contributed by atoms with van der Waals surface area (Å²) in [5, 5.41) is 9.62. The van der Waals surface area contributed by atoms with Crippen LogP contribution in [0.25, 0.3) is 16.9 Å². The highest BCUT2D eigenvalue weighted by molar-refractivity contribution is 5.93. The van der Waals surface area contributed by atoms with Crippen LogP contribution < -0.4 is 5.56 Å². The van der Waals surface area contributed by atoms with Crippen LogP contribution in [-0.2, 0) is 7.05 Å². The van der Waals surface area contributed by atoms with Crippen molar-refractivity contribution in [2.45, 2.75) is 26.4 Å². The monoisotopic (exact) mass is 356 g/mol. The molecule has 26 heavy (non-hydrogen) atoms. The molecule has 1 aliphatic heterocycles. The molecular formula is C18H20N4O4. The van der Waals surface area contributed by atoms with Crippen LogP contribution in [0.15, 0.2) is 27.7 Å². The Morgan fingerprint density at radius 2 is 2.12 bits per heavy atom. The zero-order valence-electron chi connectivity index (χ0n) is 14.9. The SMILES string of the molecule is Cc1cc(-c2cn3cc(C(=O)N4CC[C@@H](O)C4)nc3c(=O)n2C)c(C)o1. The van der Waals surface area contributed by atoms with Crippen molar-refractivity contribution in [3.05, 3.63) is 46.0 Å².